The lowest BCUT2D eigenvalue weighted by molar-refractivity contribution is 0.292. The molecule has 0 radical (unpaired) electrons. The van der Waals surface area contributed by atoms with E-state index in [4.69, 9.17) is 19.0 Å². The first-order chi connectivity index (χ1) is 21.0. The maximum Gasteiger partial charge on any atom is 0.191 e. The monoisotopic (exact) mass is 609 g/mol. The molecule has 9 heteroatoms. The van der Waals surface area contributed by atoms with Gasteiger partial charge in [0.25, 0.3) is 0 Å². The van der Waals surface area contributed by atoms with Crippen molar-refractivity contribution in [3.8, 4) is 22.9 Å². The zero-order chi connectivity index (χ0) is 31.3. The Kier molecular flexibility index (Phi) is 9.36. The van der Waals surface area contributed by atoms with Gasteiger partial charge in [-0.25, -0.2) is 9.50 Å². The second-order valence-corrected chi connectivity index (χ2v) is 17.4. The van der Waals surface area contributed by atoms with Crippen molar-refractivity contribution in [2.75, 3.05) is 19.0 Å². The van der Waals surface area contributed by atoms with Gasteiger partial charge < -0.3 is 19.2 Å². The summed E-state index contributed by atoms with van der Waals surface area (Å²) in [7, 11) is -0.127. The lowest BCUT2D eigenvalue weighted by Gasteiger charge is -2.36. The molecule has 230 valence electrons. The number of pyridine rings is 1. The van der Waals surface area contributed by atoms with E-state index in [9.17, 15) is 0 Å². The first kappa shape index (κ1) is 31.2. The summed E-state index contributed by atoms with van der Waals surface area (Å²) in [5.41, 5.74) is 5.72. The lowest BCUT2D eigenvalue weighted by atomic mass is 10.1. The van der Waals surface area contributed by atoms with Gasteiger partial charge in [0.2, 0.25) is 0 Å². The summed E-state index contributed by atoms with van der Waals surface area (Å²) in [5.74, 6) is 2.38. The average Bonchev–Trinajstić information content (AvgIpc) is 3.43. The van der Waals surface area contributed by atoms with E-state index < -0.39 is 8.32 Å². The number of para-hydroxylation sites is 1. The van der Waals surface area contributed by atoms with Crippen LogP contribution in [0.1, 0.15) is 50.4 Å². The molecule has 2 aromatic carbocycles. The molecule has 5 rings (SSSR count). The van der Waals surface area contributed by atoms with Crippen LogP contribution in [0.5, 0.6) is 11.5 Å². The molecule has 0 spiro atoms. The predicted octanol–water partition coefficient (Wildman–Crippen LogP) is 8.12. The lowest BCUT2D eigenvalue weighted by Crippen LogP contribution is -2.41. The quantitative estimate of drug-likeness (QED) is 0.143. The summed E-state index contributed by atoms with van der Waals surface area (Å²) in [4.78, 5) is 9.24. The van der Waals surface area contributed by atoms with Crippen LogP contribution >= 0.6 is 0 Å². The van der Waals surface area contributed by atoms with Crippen molar-refractivity contribution in [1.29, 1.82) is 0 Å². The summed E-state index contributed by atoms with van der Waals surface area (Å²) in [6.45, 7) is 14.6. The molecule has 1 atom stereocenters. The number of nitrogens with zero attached hydrogens (tertiary/aromatic N) is 4. The molecule has 44 heavy (non-hydrogen) atoms. The molecule has 0 aliphatic heterocycles. The van der Waals surface area contributed by atoms with E-state index in [1.54, 1.807) is 7.11 Å². The SMILES string of the molecule is COc1ccc(COc2ccccc2C(C)Nc2ccc3ncc(-c4cc(CCO[Si](C)(C)C(C)(C)C)ccn4)n3n2)cc1. The molecule has 0 bridgehead atoms. The number of hydrogen-bond acceptors (Lipinski definition) is 7. The average molecular weight is 610 g/mol. The van der Waals surface area contributed by atoms with Crippen molar-refractivity contribution in [3.63, 3.8) is 0 Å². The van der Waals surface area contributed by atoms with Gasteiger partial charge in [-0.3, -0.25) is 4.98 Å². The van der Waals surface area contributed by atoms with E-state index in [0.717, 1.165) is 51.9 Å². The minimum atomic E-state index is -1.79. The number of anilines is 1. The van der Waals surface area contributed by atoms with Crippen molar-refractivity contribution in [2.24, 2.45) is 0 Å². The second kappa shape index (κ2) is 13.2. The molecule has 1 unspecified atom stereocenters. The summed E-state index contributed by atoms with van der Waals surface area (Å²) < 4.78 is 19.8. The number of imidazole rings is 1. The van der Waals surface area contributed by atoms with Gasteiger partial charge in [-0.1, -0.05) is 51.1 Å². The van der Waals surface area contributed by atoms with Crippen molar-refractivity contribution in [2.45, 2.75) is 64.9 Å². The molecule has 0 amide bonds. The van der Waals surface area contributed by atoms with Gasteiger partial charge in [-0.15, -0.1) is 5.10 Å². The molecule has 1 N–H and O–H groups in total. The maximum atomic E-state index is 6.41. The van der Waals surface area contributed by atoms with E-state index in [1.165, 1.54) is 5.56 Å². The molecule has 0 aliphatic rings. The molecular formula is C35H43N5O3Si. The maximum absolute atomic E-state index is 6.41. The molecule has 3 aromatic heterocycles. The van der Waals surface area contributed by atoms with E-state index in [1.807, 2.05) is 71.5 Å². The van der Waals surface area contributed by atoms with E-state index in [0.29, 0.717) is 13.2 Å². The van der Waals surface area contributed by atoms with Gasteiger partial charge in [-0.2, -0.15) is 0 Å². The number of rotatable bonds is 12. The fraction of sp³-hybridized carbons (Fsp3) is 0.343. The zero-order valence-corrected chi connectivity index (χ0v) is 27.8. The Bertz CT molecular complexity index is 1700. The van der Waals surface area contributed by atoms with Gasteiger partial charge in [0.1, 0.15) is 29.6 Å². The predicted molar refractivity (Wildman–Crippen MR) is 179 cm³/mol. The Morgan fingerprint density at radius 1 is 0.932 bits per heavy atom. The summed E-state index contributed by atoms with van der Waals surface area (Å²) in [6, 6.07) is 24.0. The van der Waals surface area contributed by atoms with Crippen LogP contribution in [0.15, 0.2) is 85.2 Å². The Morgan fingerprint density at radius 3 is 2.45 bits per heavy atom. The van der Waals surface area contributed by atoms with Gasteiger partial charge in [0.05, 0.1) is 25.0 Å². The molecule has 5 aromatic rings. The first-order valence-electron chi connectivity index (χ1n) is 15.1. The van der Waals surface area contributed by atoms with Gasteiger partial charge in [-0.05, 0) is 85.1 Å². The zero-order valence-electron chi connectivity index (χ0n) is 26.8. The van der Waals surface area contributed by atoms with Crippen molar-refractivity contribution in [3.05, 3.63) is 102 Å². The van der Waals surface area contributed by atoms with Crippen LogP contribution in [0.4, 0.5) is 5.82 Å². The fourth-order valence-electron chi connectivity index (χ4n) is 4.69. The third kappa shape index (κ3) is 7.28. The highest BCUT2D eigenvalue weighted by Gasteiger charge is 2.36. The van der Waals surface area contributed by atoms with Gasteiger partial charge in [0, 0.05) is 18.4 Å². The van der Waals surface area contributed by atoms with Crippen LogP contribution in [0.25, 0.3) is 17.0 Å². The number of fused-ring (bicyclic) bond motifs is 1. The molecule has 0 fully saturated rings. The minimum absolute atomic E-state index is 0.0543. The van der Waals surface area contributed by atoms with Crippen LogP contribution in [0.3, 0.4) is 0 Å². The third-order valence-electron chi connectivity index (χ3n) is 8.41. The molecule has 0 aliphatic carbocycles. The third-order valence-corrected chi connectivity index (χ3v) is 13.0. The van der Waals surface area contributed by atoms with Crippen LogP contribution in [0.2, 0.25) is 18.1 Å². The molecule has 0 saturated heterocycles. The number of nitrogens with one attached hydrogen (secondary N) is 1. The Balaban J connectivity index is 1.29. The van der Waals surface area contributed by atoms with Crippen molar-refractivity contribution in [1.82, 2.24) is 19.6 Å². The molecule has 8 nitrogen and oxygen atoms in total. The standard InChI is InChI=1S/C35H43N5O3Si/c1-25(29-10-8-9-11-32(29)42-24-27-12-14-28(41-5)15-13-27)38-33-16-17-34-37-23-31(40(34)39-33)30-22-26(18-20-36-30)19-21-43-44(6,7)35(2,3)4/h8-18,20,22-23,25H,19,21,24H2,1-7H3,(H,38,39). The van der Waals surface area contributed by atoms with Crippen LogP contribution in [-0.4, -0.2) is 41.6 Å². The molecule has 0 saturated carbocycles. The van der Waals surface area contributed by atoms with E-state index in [2.05, 4.69) is 74.3 Å². The Hall–Kier alpha value is -4.21. The van der Waals surface area contributed by atoms with Gasteiger partial charge >= 0.3 is 0 Å². The van der Waals surface area contributed by atoms with Crippen molar-refractivity contribution >= 4 is 19.8 Å². The normalized spacial score (nSPS) is 12.7. The van der Waals surface area contributed by atoms with Crippen LogP contribution in [-0.2, 0) is 17.5 Å². The van der Waals surface area contributed by atoms with E-state index >= 15 is 0 Å². The van der Waals surface area contributed by atoms with E-state index in [-0.39, 0.29) is 11.1 Å². The fourth-order valence-corrected chi connectivity index (χ4v) is 5.73. The summed E-state index contributed by atoms with van der Waals surface area (Å²) in [5, 5.41) is 8.64. The van der Waals surface area contributed by atoms with Crippen molar-refractivity contribution < 1.29 is 13.9 Å². The number of methoxy groups -OCH3 is 1. The second-order valence-electron chi connectivity index (χ2n) is 12.6. The summed E-state index contributed by atoms with van der Waals surface area (Å²) in [6.07, 6.45) is 4.51. The summed E-state index contributed by atoms with van der Waals surface area (Å²) >= 11 is 0. The first-order valence-corrected chi connectivity index (χ1v) is 18.0. The molecular weight excluding hydrogens is 567 g/mol. The number of hydrogen-bond donors (Lipinski definition) is 1. The largest absolute Gasteiger partial charge is 0.497 e. The molecule has 3 heterocycles. The van der Waals surface area contributed by atoms with Crippen LogP contribution < -0.4 is 14.8 Å². The Labute approximate surface area is 261 Å². The highest BCUT2D eigenvalue weighted by molar-refractivity contribution is 6.74. The highest BCUT2D eigenvalue weighted by Crippen LogP contribution is 2.36. The number of benzene rings is 2. The van der Waals surface area contributed by atoms with Gasteiger partial charge in [0.15, 0.2) is 14.0 Å². The smallest absolute Gasteiger partial charge is 0.191 e. The minimum Gasteiger partial charge on any atom is -0.497 e. The van der Waals surface area contributed by atoms with Crippen LogP contribution in [0, 0.1) is 0 Å². The topological polar surface area (TPSA) is 82.8 Å². The Morgan fingerprint density at radius 2 is 1.70 bits per heavy atom. The number of ether oxygens (including phenoxy) is 2. The number of aromatic nitrogens is 4. The highest BCUT2D eigenvalue weighted by atomic mass is 28.4.